The molecule has 2 atom stereocenters. The van der Waals surface area contributed by atoms with Crippen LogP contribution in [0.25, 0.3) is 0 Å². The number of nitrogens with one attached hydrogen (secondary N) is 1. The molecular formula is C26H28N2O6S. The van der Waals surface area contributed by atoms with Crippen molar-refractivity contribution in [3.8, 4) is 0 Å². The molecule has 1 aromatic heterocycles. The number of furan rings is 1. The Morgan fingerprint density at radius 1 is 0.971 bits per heavy atom. The minimum atomic E-state index is -3.62. The van der Waals surface area contributed by atoms with Crippen LogP contribution in [0.15, 0.2) is 76.2 Å². The minimum absolute atomic E-state index is 0.00800. The predicted molar refractivity (Wildman–Crippen MR) is 130 cm³/mol. The topological polar surface area (TPSA) is 106 Å². The molecule has 0 bridgehead atoms. The fraction of sp³-hybridized carbons (Fsp3) is 0.308. The summed E-state index contributed by atoms with van der Waals surface area (Å²) in [6, 6.07) is 16.6. The number of hydrogen-bond acceptors (Lipinski definition) is 6. The van der Waals surface area contributed by atoms with Crippen molar-refractivity contribution in [3.05, 3.63) is 89.4 Å². The highest BCUT2D eigenvalue weighted by Gasteiger charge is 2.26. The van der Waals surface area contributed by atoms with Crippen molar-refractivity contribution in [2.24, 2.45) is 0 Å². The van der Waals surface area contributed by atoms with Gasteiger partial charge in [-0.15, -0.1) is 0 Å². The first-order valence-corrected chi connectivity index (χ1v) is 13.0. The summed E-state index contributed by atoms with van der Waals surface area (Å²) in [5.74, 6) is -0.940. The molecule has 2 aromatic carbocycles. The van der Waals surface area contributed by atoms with Gasteiger partial charge in [-0.1, -0.05) is 30.3 Å². The number of carbonyl (C=O) groups is 2. The van der Waals surface area contributed by atoms with E-state index in [0.29, 0.717) is 24.2 Å². The van der Waals surface area contributed by atoms with Crippen molar-refractivity contribution in [2.75, 3.05) is 13.1 Å². The van der Waals surface area contributed by atoms with Crippen molar-refractivity contribution in [3.63, 3.8) is 0 Å². The fourth-order valence-electron chi connectivity index (χ4n) is 4.12. The fourth-order valence-corrected chi connectivity index (χ4v) is 5.49. The largest absolute Gasteiger partial charge is 0.459 e. The van der Waals surface area contributed by atoms with Crippen LogP contribution >= 0.6 is 0 Å². The molecule has 1 saturated heterocycles. The second-order valence-corrected chi connectivity index (χ2v) is 10.7. The molecule has 1 fully saturated rings. The molecule has 0 aliphatic carbocycles. The molecule has 0 spiro atoms. The van der Waals surface area contributed by atoms with Gasteiger partial charge in [0.05, 0.1) is 29.1 Å². The van der Waals surface area contributed by atoms with Crippen LogP contribution in [-0.2, 0) is 26.9 Å². The first-order chi connectivity index (χ1) is 16.7. The van der Waals surface area contributed by atoms with Crippen LogP contribution in [-0.4, -0.2) is 50.4 Å². The Balaban J connectivity index is 1.37. The van der Waals surface area contributed by atoms with E-state index >= 15 is 0 Å². The Hall–Kier alpha value is -3.43. The highest BCUT2D eigenvalue weighted by molar-refractivity contribution is 7.90. The van der Waals surface area contributed by atoms with Gasteiger partial charge < -0.3 is 19.4 Å². The molecule has 1 aliphatic rings. The molecule has 184 valence electrons. The van der Waals surface area contributed by atoms with Gasteiger partial charge in [0.15, 0.2) is 15.6 Å². The van der Waals surface area contributed by atoms with Gasteiger partial charge in [0.25, 0.3) is 11.8 Å². The zero-order chi connectivity index (χ0) is 25.0. The Kier molecular flexibility index (Phi) is 7.37. The first kappa shape index (κ1) is 24.7. The molecule has 3 aromatic rings. The van der Waals surface area contributed by atoms with E-state index in [2.05, 4.69) is 5.32 Å². The Bertz CT molecular complexity index is 1270. The van der Waals surface area contributed by atoms with Crippen LogP contribution in [0.3, 0.4) is 0 Å². The maximum atomic E-state index is 12.8. The standard InChI is InChI=1S/C26H28N2O6S/c1-18-15-28(16-19(2)34-18)26(30)21-10-8-20(9-11-21)14-27-25(29)24-22(12-13-33-24)17-35(31,32)23-6-4-3-5-7-23/h3-13,18-19H,14-17H2,1-2H3,(H,27,29). The molecular weight excluding hydrogens is 468 g/mol. The molecule has 1 aliphatic heterocycles. The second kappa shape index (κ2) is 10.5. The normalized spacial score (nSPS) is 18.3. The lowest BCUT2D eigenvalue weighted by molar-refractivity contribution is -0.0586. The monoisotopic (exact) mass is 496 g/mol. The van der Waals surface area contributed by atoms with Gasteiger partial charge in [-0.25, -0.2) is 8.42 Å². The lowest BCUT2D eigenvalue weighted by Gasteiger charge is -2.35. The molecule has 4 rings (SSSR count). The van der Waals surface area contributed by atoms with Gasteiger partial charge in [-0.05, 0) is 49.7 Å². The summed E-state index contributed by atoms with van der Waals surface area (Å²) >= 11 is 0. The molecule has 2 unspecified atom stereocenters. The van der Waals surface area contributed by atoms with Crippen LogP contribution in [0.2, 0.25) is 0 Å². The summed E-state index contributed by atoms with van der Waals surface area (Å²) < 4.78 is 36.3. The Labute approximate surface area is 204 Å². The van der Waals surface area contributed by atoms with Gasteiger partial charge >= 0.3 is 0 Å². The number of amides is 2. The third kappa shape index (κ3) is 5.98. The number of morpholine rings is 1. The van der Waals surface area contributed by atoms with E-state index in [9.17, 15) is 18.0 Å². The average molecular weight is 497 g/mol. The highest BCUT2D eigenvalue weighted by Crippen LogP contribution is 2.20. The molecule has 2 amide bonds. The van der Waals surface area contributed by atoms with E-state index in [1.165, 1.54) is 24.5 Å². The quantitative estimate of drug-likeness (QED) is 0.537. The summed E-state index contributed by atoms with van der Waals surface area (Å²) in [7, 11) is -3.62. The summed E-state index contributed by atoms with van der Waals surface area (Å²) in [6.45, 7) is 5.19. The zero-order valence-electron chi connectivity index (χ0n) is 19.6. The third-order valence-electron chi connectivity index (χ3n) is 5.76. The maximum Gasteiger partial charge on any atom is 0.287 e. The number of sulfone groups is 1. The van der Waals surface area contributed by atoms with Gasteiger partial charge in [-0.3, -0.25) is 9.59 Å². The summed E-state index contributed by atoms with van der Waals surface area (Å²) in [4.78, 5) is 27.5. The van der Waals surface area contributed by atoms with Crippen LogP contribution in [0, 0.1) is 0 Å². The number of ether oxygens (including phenoxy) is 1. The Morgan fingerprint density at radius 3 is 2.29 bits per heavy atom. The zero-order valence-corrected chi connectivity index (χ0v) is 20.5. The molecule has 35 heavy (non-hydrogen) atoms. The van der Waals surface area contributed by atoms with Gasteiger partial charge in [0.2, 0.25) is 0 Å². The van der Waals surface area contributed by atoms with Crippen molar-refractivity contribution in [1.82, 2.24) is 10.2 Å². The molecule has 0 saturated carbocycles. The molecule has 9 heteroatoms. The highest BCUT2D eigenvalue weighted by atomic mass is 32.2. The van der Waals surface area contributed by atoms with E-state index in [1.807, 2.05) is 13.8 Å². The van der Waals surface area contributed by atoms with E-state index in [-0.39, 0.29) is 41.1 Å². The lowest BCUT2D eigenvalue weighted by atomic mass is 10.1. The van der Waals surface area contributed by atoms with Crippen LogP contribution < -0.4 is 5.32 Å². The number of nitrogens with zero attached hydrogens (tertiary/aromatic N) is 1. The molecule has 0 radical (unpaired) electrons. The van der Waals surface area contributed by atoms with Gasteiger partial charge in [0.1, 0.15) is 0 Å². The predicted octanol–water partition coefficient (Wildman–Crippen LogP) is 3.43. The van der Waals surface area contributed by atoms with Gasteiger partial charge in [-0.2, -0.15) is 0 Å². The lowest BCUT2D eigenvalue weighted by Crippen LogP contribution is -2.48. The van der Waals surface area contributed by atoms with E-state index in [4.69, 9.17) is 9.15 Å². The summed E-state index contributed by atoms with van der Waals surface area (Å²) in [6.07, 6.45) is 1.29. The number of carbonyl (C=O) groups excluding carboxylic acids is 2. The summed E-state index contributed by atoms with van der Waals surface area (Å²) in [5, 5.41) is 2.75. The average Bonchev–Trinajstić information content (AvgIpc) is 3.30. The van der Waals surface area contributed by atoms with Crippen molar-refractivity contribution >= 4 is 21.7 Å². The number of hydrogen-bond donors (Lipinski definition) is 1. The number of rotatable bonds is 7. The molecule has 2 heterocycles. The first-order valence-electron chi connectivity index (χ1n) is 11.4. The van der Waals surface area contributed by atoms with Crippen LogP contribution in [0.5, 0.6) is 0 Å². The van der Waals surface area contributed by atoms with E-state index in [0.717, 1.165) is 5.56 Å². The second-order valence-electron chi connectivity index (χ2n) is 8.69. The van der Waals surface area contributed by atoms with Crippen LogP contribution in [0.1, 0.15) is 45.9 Å². The SMILES string of the molecule is CC1CN(C(=O)c2ccc(CNC(=O)c3occc3CS(=O)(=O)c3ccccc3)cc2)CC(C)O1. The van der Waals surface area contributed by atoms with Gasteiger partial charge in [0, 0.05) is 30.8 Å². The van der Waals surface area contributed by atoms with Crippen molar-refractivity contribution in [2.45, 2.75) is 43.2 Å². The smallest absolute Gasteiger partial charge is 0.287 e. The number of benzene rings is 2. The maximum absolute atomic E-state index is 12.8. The van der Waals surface area contributed by atoms with Crippen molar-refractivity contribution < 1.29 is 27.2 Å². The minimum Gasteiger partial charge on any atom is -0.459 e. The van der Waals surface area contributed by atoms with E-state index in [1.54, 1.807) is 47.4 Å². The molecule has 1 N–H and O–H groups in total. The van der Waals surface area contributed by atoms with Crippen molar-refractivity contribution in [1.29, 1.82) is 0 Å². The summed E-state index contributed by atoms with van der Waals surface area (Å²) in [5.41, 5.74) is 1.66. The Morgan fingerprint density at radius 2 is 1.63 bits per heavy atom. The van der Waals surface area contributed by atoms with Crippen LogP contribution in [0.4, 0.5) is 0 Å². The third-order valence-corrected chi connectivity index (χ3v) is 7.44. The molecule has 8 nitrogen and oxygen atoms in total. The van der Waals surface area contributed by atoms with E-state index < -0.39 is 15.7 Å².